The summed E-state index contributed by atoms with van der Waals surface area (Å²) in [7, 11) is 0. The number of carbonyl (C=O) groups is 1. The number of benzene rings is 1. The van der Waals surface area contributed by atoms with Crippen LogP contribution in [0.1, 0.15) is 12.6 Å². The second kappa shape index (κ2) is 8.85. The number of piperazine rings is 1. The maximum atomic E-state index is 12.3. The summed E-state index contributed by atoms with van der Waals surface area (Å²) in [5.74, 6) is 0.883. The van der Waals surface area contributed by atoms with Crippen LogP contribution in [-0.4, -0.2) is 56.9 Å². The standard InChI is InChI=1S/C22H22ClN7OS/c1-15(31)30(18-4-2-3-16(23)11-18)22-27-17(13-32-22)12-28-7-9-29(10-8-28)21-19-5-6-24-20(19)25-14-26-21/h2-6,11,13-14H,7-10,12H2,1H3,(H,24,25,26). The van der Waals surface area contributed by atoms with Gasteiger partial charge in [0.25, 0.3) is 0 Å². The van der Waals surface area contributed by atoms with Crippen molar-refractivity contribution in [3.05, 3.63) is 59.0 Å². The molecule has 1 saturated heterocycles. The number of aromatic nitrogens is 4. The van der Waals surface area contributed by atoms with Crippen LogP contribution in [0.2, 0.25) is 5.02 Å². The van der Waals surface area contributed by atoms with E-state index in [2.05, 4.69) is 24.8 Å². The number of nitrogens with zero attached hydrogens (tertiary/aromatic N) is 6. The number of anilines is 3. The molecular weight excluding hydrogens is 446 g/mol. The van der Waals surface area contributed by atoms with Gasteiger partial charge in [-0.25, -0.2) is 15.0 Å². The lowest BCUT2D eigenvalue weighted by Gasteiger charge is -2.35. The molecule has 1 N–H and O–H groups in total. The SMILES string of the molecule is CC(=O)N(c1cccc(Cl)c1)c1nc(CN2CCN(c3ncnc4[nH]ccc34)CC2)cs1. The monoisotopic (exact) mass is 467 g/mol. The van der Waals surface area contributed by atoms with Crippen molar-refractivity contribution >= 4 is 56.5 Å². The van der Waals surface area contributed by atoms with E-state index in [1.807, 2.05) is 29.8 Å². The van der Waals surface area contributed by atoms with E-state index < -0.39 is 0 Å². The molecule has 5 rings (SSSR count). The summed E-state index contributed by atoms with van der Waals surface area (Å²) < 4.78 is 0. The average Bonchev–Trinajstić information content (AvgIpc) is 3.44. The molecule has 0 aliphatic carbocycles. The van der Waals surface area contributed by atoms with Gasteiger partial charge in [0, 0.05) is 56.2 Å². The maximum Gasteiger partial charge on any atom is 0.230 e. The Hall–Kier alpha value is -3.01. The molecule has 10 heteroatoms. The number of rotatable bonds is 5. The first-order chi connectivity index (χ1) is 15.6. The molecule has 3 aromatic heterocycles. The maximum absolute atomic E-state index is 12.3. The van der Waals surface area contributed by atoms with E-state index in [-0.39, 0.29) is 5.91 Å². The van der Waals surface area contributed by atoms with Crippen molar-refractivity contribution in [3.8, 4) is 0 Å². The molecule has 0 bridgehead atoms. The number of amides is 1. The molecule has 1 amide bonds. The third-order valence-electron chi connectivity index (χ3n) is 5.50. The van der Waals surface area contributed by atoms with Gasteiger partial charge in [0.1, 0.15) is 17.8 Å². The number of aromatic amines is 1. The van der Waals surface area contributed by atoms with Crippen molar-refractivity contribution in [1.82, 2.24) is 24.8 Å². The molecule has 164 valence electrons. The molecule has 4 heterocycles. The second-order valence-electron chi connectivity index (χ2n) is 7.66. The second-order valence-corrected chi connectivity index (χ2v) is 8.93. The van der Waals surface area contributed by atoms with E-state index in [1.54, 1.807) is 23.4 Å². The van der Waals surface area contributed by atoms with Crippen LogP contribution in [0.15, 0.2) is 48.2 Å². The molecule has 1 aliphatic rings. The van der Waals surface area contributed by atoms with Crippen LogP contribution in [0.4, 0.5) is 16.6 Å². The Morgan fingerprint density at radius 3 is 2.84 bits per heavy atom. The van der Waals surface area contributed by atoms with Crippen LogP contribution in [0.25, 0.3) is 11.0 Å². The van der Waals surface area contributed by atoms with Crippen molar-refractivity contribution in [1.29, 1.82) is 0 Å². The van der Waals surface area contributed by atoms with Crippen LogP contribution in [-0.2, 0) is 11.3 Å². The Bertz CT molecular complexity index is 1250. The van der Waals surface area contributed by atoms with E-state index in [0.29, 0.717) is 10.2 Å². The van der Waals surface area contributed by atoms with Crippen LogP contribution in [0.3, 0.4) is 0 Å². The van der Waals surface area contributed by atoms with Crippen LogP contribution in [0.5, 0.6) is 0 Å². The summed E-state index contributed by atoms with van der Waals surface area (Å²) in [4.78, 5) is 35.3. The Morgan fingerprint density at radius 2 is 2.06 bits per heavy atom. The molecular formula is C22H22ClN7OS. The number of H-pyrrole nitrogens is 1. The summed E-state index contributed by atoms with van der Waals surface area (Å²) >= 11 is 7.59. The fraction of sp³-hybridized carbons (Fsp3) is 0.273. The lowest BCUT2D eigenvalue weighted by atomic mass is 10.2. The summed E-state index contributed by atoms with van der Waals surface area (Å²) in [6.07, 6.45) is 3.50. The molecule has 1 aliphatic heterocycles. The third-order valence-corrected chi connectivity index (χ3v) is 6.61. The Morgan fingerprint density at radius 1 is 1.22 bits per heavy atom. The molecule has 0 radical (unpaired) electrons. The normalized spacial score (nSPS) is 14.8. The highest BCUT2D eigenvalue weighted by Gasteiger charge is 2.22. The average molecular weight is 468 g/mol. The number of thiazole rings is 1. The largest absolute Gasteiger partial charge is 0.353 e. The molecule has 32 heavy (non-hydrogen) atoms. The van der Waals surface area contributed by atoms with Crippen LogP contribution < -0.4 is 9.80 Å². The lowest BCUT2D eigenvalue weighted by Crippen LogP contribution is -2.46. The quantitative estimate of drug-likeness (QED) is 0.476. The van der Waals surface area contributed by atoms with Gasteiger partial charge in [-0.1, -0.05) is 17.7 Å². The first-order valence-electron chi connectivity index (χ1n) is 10.3. The molecule has 0 unspecified atom stereocenters. The van der Waals surface area contributed by atoms with Crippen LogP contribution in [0, 0.1) is 0 Å². The van der Waals surface area contributed by atoms with Crippen LogP contribution >= 0.6 is 22.9 Å². The lowest BCUT2D eigenvalue weighted by molar-refractivity contribution is -0.115. The fourth-order valence-electron chi connectivity index (χ4n) is 3.97. The number of nitrogens with one attached hydrogen (secondary N) is 1. The van der Waals surface area contributed by atoms with E-state index in [0.717, 1.165) is 61.0 Å². The van der Waals surface area contributed by atoms with Gasteiger partial charge in [-0.2, -0.15) is 0 Å². The van der Waals surface area contributed by atoms with E-state index in [1.165, 1.54) is 18.3 Å². The highest BCUT2D eigenvalue weighted by molar-refractivity contribution is 7.14. The van der Waals surface area contributed by atoms with Gasteiger partial charge in [-0.05, 0) is 24.3 Å². The minimum atomic E-state index is -0.0947. The molecule has 1 fully saturated rings. The third kappa shape index (κ3) is 4.19. The highest BCUT2D eigenvalue weighted by Crippen LogP contribution is 2.31. The Labute approximate surface area is 194 Å². The summed E-state index contributed by atoms with van der Waals surface area (Å²) in [6, 6.07) is 9.29. The zero-order valence-corrected chi connectivity index (χ0v) is 19.1. The Kier molecular flexibility index (Phi) is 5.77. The van der Waals surface area contributed by atoms with Gasteiger partial charge < -0.3 is 9.88 Å². The van der Waals surface area contributed by atoms with Crippen molar-refractivity contribution in [2.75, 3.05) is 36.0 Å². The van der Waals surface area contributed by atoms with E-state index >= 15 is 0 Å². The zero-order chi connectivity index (χ0) is 22.1. The molecule has 0 spiro atoms. The first kappa shape index (κ1) is 20.9. The fourth-order valence-corrected chi connectivity index (χ4v) is 5.03. The molecule has 0 saturated carbocycles. The minimum Gasteiger partial charge on any atom is -0.353 e. The first-order valence-corrected chi connectivity index (χ1v) is 11.6. The number of hydrogen-bond donors (Lipinski definition) is 1. The van der Waals surface area contributed by atoms with Crippen molar-refractivity contribution < 1.29 is 4.79 Å². The van der Waals surface area contributed by atoms with Crippen molar-refractivity contribution in [3.63, 3.8) is 0 Å². The molecule has 0 atom stereocenters. The van der Waals surface area contributed by atoms with Crippen molar-refractivity contribution in [2.24, 2.45) is 0 Å². The molecule has 1 aromatic carbocycles. The number of carbonyl (C=O) groups excluding carboxylic acids is 1. The van der Waals surface area contributed by atoms with Gasteiger partial charge in [0.15, 0.2) is 5.13 Å². The number of fused-ring (bicyclic) bond motifs is 1. The van der Waals surface area contributed by atoms with Gasteiger partial charge in [-0.15, -0.1) is 11.3 Å². The Balaban J connectivity index is 1.25. The zero-order valence-electron chi connectivity index (χ0n) is 17.5. The van der Waals surface area contributed by atoms with Gasteiger partial charge in [-0.3, -0.25) is 14.6 Å². The predicted molar refractivity (Wildman–Crippen MR) is 128 cm³/mol. The summed E-state index contributed by atoms with van der Waals surface area (Å²) in [5.41, 5.74) is 2.55. The van der Waals surface area contributed by atoms with Gasteiger partial charge in [0.05, 0.1) is 16.8 Å². The number of hydrogen-bond acceptors (Lipinski definition) is 7. The molecule has 4 aromatic rings. The minimum absolute atomic E-state index is 0.0947. The van der Waals surface area contributed by atoms with Gasteiger partial charge in [0.2, 0.25) is 5.91 Å². The topological polar surface area (TPSA) is 81.2 Å². The molecule has 8 nitrogen and oxygen atoms in total. The van der Waals surface area contributed by atoms with E-state index in [9.17, 15) is 4.79 Å². The van der Waals surface area contributed by atoms with Gasteiger partial charge >= 0.3 is 0 Å². The van der Waals surface area contributed by atoms with E-state index in [4.69, 9.17) is 16.6 Å². The predicted octanol–water partition coefficient (Wildman–Crippen LogP) is 4.07. The summed E-state index contributed by atoms with van der Waals surface area (Å²) in [5, 5.41) is 4.32. The highest BCUT2D eigenvalue weighted by atomic mass is 35.5. The smallest absolute Gasteiger partial charge is 0.230 e. The van der Waals surface area contributed by atoms with Crippen molar-refractivity contribution in [2.45, 2.75) is 13.5 Å². The number of halogens is 1. The summed E-state index contributed by atoms with van der Waals surface area (Å²) in [6.45, 7) is 5.87.